The van der Waals surface area contributed by atoms with Crippen LogP contribution in [0.25, 0.3) is 0 Å². The average molecular weight is 593 g/mol. The topological polar surface area (TPSA) is 86.8 Å². The predicted molar refractivity (Wildman–Crippen MR) is 145 cm³/mol. The number of nitrogens with zero attached hydrogens (tertiary/aromatic N) is 2. The number of aryl methyl sites for hydroxylation is 1. The molecule has 0 aliphatic rings. The van der Waals surface area contributed by atoms with Gasteiger partial charge in [-0.15, -0.1) is 0 Å². The van der Waals surface area contributed by atoms with E-state index in [-0.39, 0.29) is 17.3 Å². The molecule has 3 aromatic carbocycles. The molecule has 3 aromatic rings. The number of carbonyl (C=O) groups is 2. The van der Waals surface area contributed by atoms with Gasteiger partial charge in [-0.05, 0) is 55.8 Å². The van der Waals surface area contributed by atoms with Crippen molar-refractivity contribution in [1.82, 2.24) is 10.2 Å². The van der Waals surface area contributed by atoms with Crippen LogP contribution in [0, 0.1) is 6.92 Å². The van der Waals surface area contributed by atoms with Crippen LogP contribution in [0.1, 0.15) is 18.1 Å². The highest BCUT2D eigenvalue weighted by molar-refractivity contribution is 9.10. The summed E-state index contributed by atoms with van der Waals surface area (Å²) in [6, 6.07) is 19.2. The number of hydrogen-bond donors (Lipinski definition) is 1. The van der Waals surface area contributed by atoms with Gasteiger partial charge in [0.15, 0.2) is 0 Å². The monoisotopic (exact) mass is 591 g/mol. The number of nitrogens with one attached hydrogen (secondary N) is 1. The Bertz CT molecular complexity index is 1350. The number of carbonyl (C=O) groups excluding carboxylic acids is 2. The summed E-state index contributed by atoms with van der Waals surface area (Å²) in [5.41, 5.74) is 1.85. The van der Waals surface area contributed by atoms with E-state index in [4.69, 9.17) is 11.6 Å². The maximum absolute atomic E-state index is 13.7. The Balaban J connectivity index is 2.05. The number of amides is 2. The molecule has 10 heteroatoms. The molecule has 7 nitrogen and oxygen atoms in total. The summed E-state index contributed by atoms with van der Waals surface area (Å²) in [7, 11) is -2.63. The summed E-state index contributed by atoms with van der Waals surface area (Å²) in [6.45, 7) is 2.96. The van der Waals surface area contributed by atoms with Crippen LogP contribution in [0.3, 0.4) is 0 Å². The second kappa shape index (κ2) is 11.9. The quantitative estimate of drug-likeness (QED) is 0.388. The lowest BCUT2D eigenvalue weighted by molar-refractivity contribution is -0.139. The first-order valence-corrected chi connectivity index (χ1v) is 13.7. The summed E-state index contributed by atoms with van der Waals surface area (Å²) in [6.07, 6.45) is 0. The van der Waals surface area contributed by atoms with Crippen molar-refractivity contribution in [2.75, 3.05) is 17.9 Å². The van der Waals surface area contributed by atoms with Crippen LogP contribution in [0.2, 0.25) is 5.02 Å². The Morgan fingerprint density at radius 1 is 1.03 bits per heavy atom. The number of likely N-dealkylation sites (N-methyl/N-ethyl adjacent to an activating group) is 1. The van der Waals surface area contributed by atoms with E-state index in [0.717, 1.165) is 9.87 Å². The first-order valence-electron chi connectivity index (χ1n) is 11.1. The third kappa shape index (κ3) is 6.46. The van der Waals surface area contributed by atoms with Gasteiger partial charge in [-0.3, -0.25) is 13.9 Å². The molecule has 0 spiro atoms. The minimum absolute atomic E-state index is 0.0317. The standard InChI is InChI=1S/C26H27BrClN3O4S/c1-18-11-13-23(14-12-18)36(34,35)31(22-9-6-8-21(27)15-22)17-25(32)30(19(2)26(33)29-3)16-20-7-4-5-10-24(20)28/h4-15,19H,16-17H2,1-3H3,(H,29,33). The molecular formula is C26H27BrClN3O4S. The molecule has 2 amide bonds. The van der Waals surface area contributed by atoms with Gasteiger partial charge in [0.25, 0.3) is 10.0 Å². The number of rotatable bonds is 9. The van der Waals surface area contributed by atoms with E-state index < -0.39 is 28.5 Å². The SMILES string of the molecule is CNC(=O)C(C)N(Cc1ccccc1Cl)C(=O)CN(c1cccc(Br)c1)S(=O)(=O)c1ccc(C)cc1. The minimum atomic E-state index is -4.11. The van der Waals surface area contributed by atoms with E-state index in [1.807, 2.05) is 6.92 Å². The zero-order valence-electron chi connectivity index (χ0n) is 20.1. The van der Waals surface area contributed by atoms with Gasteiger partial charge in [-0.25, -0.2) is 8.42 Å². The predicted octanol–water partition coefficient (Wildman–Crippen LogP) is 4.77. The molecule has 0 saturated carbocycles. The first kappa shape index (κ1) is 27.7. The summed E-state index contributed by atoms with van der Waals surface area (Å²) in [5.74, 6) is -0.938. The number of halogens is 2. The molecule has 0 bridgehead atoms. The summed E-state index contributed by atoms with van der Waals surface area (Å²) < 4.78 is 29.2. The third-order valence-corrected chi connectivity index (χ3v) is 8.35. The fourth-order valence-electron chi connectivity index (χ4n) is 3.60. The van der Waals surface area contributed by atoms with Crippen LogP contribution in [0.15, 0.2) is 82.2 Å². The Morgan fingerprint density at radius 2 is 1.69 bits per heavy atom. The number of anilines is 1. The van der Waals surface area contributed by atoms with Crippen molar-refractivity contribution < 1.29 is 18.0 Å². The maximum atomic E-state index is 13.7. The molecule has 1 N–H and O–H groups in total. The Morgan fingerprint density at radius 3 is 2.31 bits per heavy atom. The molecule has 3 rings (SSSR count). The van der Waals surface area contributed by atoms with Gasteiger partial charge >= 0.3 is 0 Å². The zero-order chi connectivity index (χ0) is 26.5. The highest BCUT2D eigenvalue weighted by Crippen LogP contribution is 2.27. The van der Waals surface area contributed by atoms with E-state index in [0.29, 0.717) is 20.7 Å². The van der Waals surface area contributed by atoms with Gasteiger partial charge in [0.1, 0.15) is 12.6 Å². The second-order valence-electron chi connectivity index (χ2n) is 8.21. The molecule has 190 valence electrons. The van der Waals surface area contributed by atoms with Crippen LogP contribution in [0.4, 0.5) is 5.69 Å². The van der Waals surface area contributed by atoms with Crippen LogP contribution in [0.5, 0.6) is 0 Å². The van der Waals surface area contributed by atoms with E-state index in [2.05, 4.69) is 21.2 Å². The summed E-state index contributed by atoms with van der Waals surface area (Å²) >= 11 is 9.70. The van der Waals surface area contributed by atoms with Crippen molar-refractivity contribution in [3.8, 4) is 0 Å². The number of benzene rings is 3. The summed E-state index contributed by atoms with van der Waals surface area (Å²) in [5, 5.41) is 2.99. The molecule has 0 aliphatic heterocycles. The van der Waals surface area contributed by atoms with Crippen LogP contribution in [-0.2, 0) is 26.2 Å². The van der Waals surface area contributed by atoms with Gasteiger partial charge in [-0.1, -0.05) is 69.5 Å². The molecular weight excluding hydrogens is 566 g/mol. The van der Waals surface area contributed by atoms with Crippen molar-refractivity contribution >= 4 is 55.1 Å². The molecule has 1 atom stereocenters. The number of hydrogen-bond acceptors (Lipinski definition) is 4. The largest absolute Gasteiger partial charge is 0.357 e. The van der Waals surface area contributed by atoms with Crippen molar-refractivity contribution in [3.05, 3.63) is 93.4 Å². The lowest BCUT2D eigenvalue weighted by Gasteiger charge is -2.32. The second-order valence-corrected chi connectivity index (χ2v) is 11.4. The van der Waals surface area contributed by atoms with E-state index in [9.17, 15) is 18.0 Å². The highest BCUT2D eigenvalue weighted by Gasteiger charge is 2.32. The Kier molecular flexibility index (Phi) is 9.16. The van der Waals surface area contributed by atoms with Crippen LogP contribution >= 0.6 is 27.5 Å². The van der Waals surface area contributed by atoms with Gasteiger partial charge < -0.3 is 10.2 Å². The smallest absolute Gasteiger partial charge is 0.264 e. The fourth-order valence-corrected chi connectivity index (χ4v) is 5.59. The van der Waals surface area contributed by atoms with E-state index in [1.165, 1.54) is 24.1 Å². The van der Waals surface area contributed by atoms with E-state index in [1.54, 1.807) is 67.6 Å². The molecule has 0 fully saturated rings. The van der Waals surface area contributed by atoms with Crippen molar-refractivity contribution in [2.45, 2.75) is 31.3 Å². The number of sulfonamides is 1. The lowest BCUT2D eigenvalue weighted by Crippen LogP contribution is -2.50. The fraction of sp³-hybridized carbons (Fsp3) is 0.231. The molecule has 1 unspecified atom stereocenters. The first-order chi connectivity index (χ1) is 17.0. The molecule has 0 radical (unpaired) electrons. The molecule has 36 heavy (non-hydrogen) atoms. The summed E-state index contributed by atoms with van der Waals surface area (Å²) in [4.78, 5) is 27.6. The Labute approximate surface area is 225 Å². The maximum Gasteiger partial charge on any atom is 0.264 e. The van der Waals surface area contributed by atoms with Crippen molar-refractivity contribution in [1.29, 1.82) is 0 Å². The third-order valence-electron chi connectivity index (χ3n) is 5.70. The van der Waals surface area contributed by atoms with Crippen molar-refractivity contribution in [3.63, 3.8) is 0 Å². The van der Waals surface area contributed by atoms with Gasteiger partial charge in [-0.2, -0.15) is 0 Å². The molecule has 0 saturated heterocycles. The van der Waals surface area contributed by atoms with Gasteiger partial charge in [0, 0.05) is 23.1 Å². The molecule has 0 heterocycles. The van der Waals surface area contributed by atoms with Crippen LogP contribution in [-0.4, -0.2) is 44.8 Å². The molecule has 0 aromatic heterocycles. The van der Waals surface area contributed by atoms with Crippen molar-refractivity contribution in [2.24, 2.45) is 0 Å². The van der Waals surface area contributed by atoms with Gasteiger partial charge in [0.2, 0.25) is 11.8 Å². The lowest BCUT2D eigenvalue weighted by atomic mass is 10.1. The van der Waals surface area contributed by atoms with Crippen LogP contribution < -0.4 is 9.62 Å². The normalized spacial score (nSPS) is 12.0. The highest BCUT2D eigenvalue weighted by atomic mass is 79.9. The minimum Gasteiger partial charge on any atom is -0.357 e. The Hall–Kier alpha value is -2.88. The van der Waals surface area contributed by atoms with Gasteiger partial charge in [0.05, 0.1) is 10.6 Å². The average Bonchev–Trinajstić information content (AvgIpc) is 2.85. The molecule has 0 aliphatic carbocycles. The van der Waals surface area contributed by atoms with E-state index >= 15 is 0 Å². The zero-order valence-corrected chi connectivity index (χ0v) is 23.3.